The van der Waals surface area contributed by atoms with Gasteiger partial charge in [-0.1, -0.05) is 25.2 Å². The monoisotopic (exact) mass is 311 g/mol. The second kappa shape index (κ2) is 7.46. The van der Waals surface area contributed by atoms with Crippen molar-refractivity contribution in [1.29, 1.82) is 0 Å². The van der Waals surface area contributed by atoms with Crippen molar-refractivity contribution in [1.82, 2.24) is 25.7 Å². The summed E-state index contributed by atoms with van der Waals surface area (Å²) in [6.45, 7) is 6.59. The van der Waals surface area contributed by atoms with E-state index in [1.54, 1.807) is 0 Å². The molecule has 2 heterocycles. The number of hydrogen-bond acceptors (Lipinski definition) is 6. The van der Waals surface area contributed by atoms with Crippen molar-refractivity contribution < 1.29 is 9.59 Å². The molecule has 1 aliphatic heterocycles. The molecule has 1 saturated heterocycles. The summed E-state index contributed by atoms with van der Waals surface area (Å²) in [6, 6.07) is -0.371. The summed E-state index contributed by atoms with van der Waals surface area (Å²) >= 11 is 1.50. The SMILES string of the molecule is CCc1nnc(CNC(=O)C[C@H]2C(=O)NCCN2CC)s1. The molecule has 0 aliphatic carbocycles. The van der Waals surface area contributed by atoms with Gasteiger partial charge in [0, 0.05) is 13.1 Å². The summed E-state index contributed by atoms with van der Waals surface area (Å²) in [5.74, 6) is -0.203. The van der Waals surface area contributed by atoms with Gasteiger partial charge in [-0.3, -0.25) is 14.5 Å². The lowest BCUT2D eigenvalue weighted by atomic mass is 10.1. The fourth-order valence-corrected chi connectivity index (χ4v) is 3.01. The minimum absolute atomic E-state index is 0.0672. The van der Waals surface area contributed by atoms with Gasteiger partial charge in [0.25, 0.3) is 0 Å². The number of carbonyl (C=O) groups excluding carboxylic acids is 2. The second-order valence-electron chi connectivity index (χ2n) is 4.86. The van der Waals surface area contributed by atoms with Gasteiger partial charge in [0.15, 0.2) is 0 Å². The van der Waals surface area contributed by atoms with Crippen LogP contribution in [0.3, 0.4) is 0 Å². The summed E-state index contributed by atoms with van der Waals surface area (Å²) in [5, 5.41) is 15.4. The zero-order valence-electron chi connectivity index (χ0n) is 12.4. The highest BCUT2D eigenvalue weighted by molar-refractivity contribution is 7.11. The van der Waals surface area contributed by atoms with E-state index in [9.17, 15) is 9.59 Å². The zero-order chi connectivity index (χ0) is 15.2. The Bertz CT molecular complexity index is 505. The van der Waals surface area contributed by atoms with Crippen LogP contribution in [-0.2, 0) is 22.6 Å². The highest BCUT2D eigenvalue weighted by atomic mass is 32.1. The smallest absolute Gasteiger partial charge is 0.237 e. The number of likely N-dealkylation sites (N-methyl/N-ethyl adjacent to an activating group) is 1. The van der Waals surface area contributed by atoms with Crippen LogP contribution in [0.2, 0.25) is 0 Å². The fourth-order valence-electron chi connectivity index (χ4n) is 2.29. The second-order valence-corrected chi connectivity index (χ2v) is 6.01. The Morgan fingerprint density at radius 3 is 2.86 bits per heavy atom. The van der Waals surface area contributed by atoms with Gasteiger partial charge in [-0.2, -0.15) is 0 Å². The number of amides is 2. The molecule has 8 heteroatoms. The van der Waals surface area contributed by atoms with E-state index in [2.05, 4.69) is 20.8 Å². The first-order valence-corrected chi connectivity index (χ1v) is 8.05. The first-order valence-electron chi connectivity index (χ1n) is 7.23. The molecule has 21 heavy (non-hydrogen) atoms. The van der Waals surface area contributed by atoms with Crippen LogP contribution in [0, 0.1) is 0 Å². The van der Waals surface area contributed by atoms with E-state index in [0.29, 0.717) is 13.1 Å². The molecular formula is C13H21N5O2S. The van der Waals surface area contributed by atoms with Crippen molar-refractivity contribution in [2.24, 2.45) is 0 Å². The summed E-state index contributed by atoms with van der Waals surface area (Å²) in [5.41, 5.74) is 0. The van der Waals surface area contributed by atoms with E-state index in [1.165, 1.54) is 11.3 Å². The molecular weight excluding hydrogens is 290 g/mol. The van der Waals surface area contributed by atoms with Gasteiger partial charge in [0.05, 0.1) is 19.0 Å². The van der Waals surface area contributed by atoms with Crippen LogP contribution in [0.1, 0.15) is 30.3 Å². The van der Waals surface area contributed by atoms with E-state index in [0.717, 1.165) is 29.5 Å². The Balaban J connectivity index is 1.84. The standard InChI is InChI=1S/C13H21N5O2S/c1-3-11-16-17-12(21-11)8-15-10(19)7-9-13(20)14-5-6-18(9)4-2/h9H,3-8H2,1-2H3,(H,14,20)(H,15,19)/t9-/m0/s1. The molecule has 0 saturated carbocycles. The van der Waals surface area contributed by atoms with Crippen molar-refractivity contribution in [3.63, 3.8) is 0 Å². The van der Waals surface area contributed by atoms with Gasteiger partial charge < -0.3 is 10.6 Å². The maximum atomic E-state index is 12.0. The van der Waals surface area contributed by atoms with Crippen molar-refractivity contribution in [3.8, 4) is 0 Å². The van der Waals surface area contributed by atoms with Crippen LogP contribution in [0.5, 0.6) is 0 Å². The van der Waals surface area contributed by atoms with E-state index in [1.807, 2.05) is 18.7 Å². The summed E-state index contributed by atoms with van der Waals surface area (Å²) in [6.07, 6.45) is 1.03. The maximum Gasteiger partial charge on any atom is 0.237 e. The molecule has 1 aromatic rings. The van der Waals surface area contributed by atoms with E-state index in [-0.39, 0.29) is 24.3 Å². The predicted octanol–water partition coefficient (Wildman–Crippen LogP) is -0.0729. The van der Waals surface area contributed by atoms with E-state index < -0.39 is 0 Å². The van der Waals surface area contributed by atoms with E-state index in [4.69, 9.17) is 0 Å². The highest BCUT2D eigenvalue weighted by Crippen LogP contribution is 2.11. The number of carbonyl (C=O) groups is 2. The van der Waals surface area contributed by atoms with Gasteiger partial charge in [-0.25, -0.2) is 0 Å². The number of hydrogen-bond donors (Lipinski definition) is 2. The lowest BCUT2D eigenvalue weighted by Gasteiger charge is -2.33. The van der Waals surface area contributed by atoms with Crippen LogP contribution >= 0.6 is 11.3 Å². The number of aryl methyl sites for hydroxylation is 1. The molecule has 2 N–H and O–H groups in total. The van der Waals surface area contributed by atoms with Crippen LogP contribution in [0.25, 0.3) is 0 Å². The zero-order valence-corrected chi connectivity index (χ0v) is 13.2. The molecule has 2 rings (SSSR count). The quantitative estimate of drug-likeness (QED) is 0.768. The first kappa shape index (κ1) is 15.8. The third-order valence-electron chi connectivity index (χ3n) is 3.47. The molecule has 1 aliphatic rings. The molecule has 0 radical (unpaired) electrons. The average molecular weight is 311 g/mol. The number of piperazine rings is 1. The molecule has 0 bridgehead atoms. The summed E-state index contributed by atoms with van der Waals surface area (Å²) < 4.78 is 0. The molecule has 1 fully saturated rings. The van der Waals surface area contributed by atoms with E-state index >= 15 is 0 Å². The lowest BCUT2D eigenvalue weighted by Crippen LogP contribution is -2.56. The Kier molecular flexibility index (Phi) is 5.63. The van der Waals surface area contributed by atoms with Crippen LogP contribution in [-0.4, -0.2) is 52.6 Å². The lowest BCUT2D eigenvalue weighted by molar-refractivity contribution is -0.133. The normalized spacial score (nSPS) is 19.3. The molecule has 0 aromatic carbocycles. The number of nitrogens with one attached hydrogen (secondary N) is 2. The van der Waals surface area contributed by atoms with Gasteiger partial charge in [0.2, 0.25) is 11.8 Å². The largest absolute Gasteiger partial charge is 0.353 e. The van der Waals surface area contributed by atoms with Gasteiger partial charge in [-0.15, -0.1) is 10.2 Å². The summed E-state index contributed by atoms with van der Waals surface area (Å²) in [7, 11) is 0. The molecule has 2 amide bonds. The molecule has 0 spiro atoms. The third-order valence-corrected chi connectivity index (χ3v) is 4.54. The topological polar surface area (TPSA) is 87.2 Å². The molecule has 1 atom stereocenters. The minimum atomic E-state index is -0.371. The van der Waals surface area contributed by atoms with Crippen LogP contribution in [0.4, 0.5) is 0 Å². The first-order chi connectivity index (χ1) is 10.1. The minimum Gasteiger partial charge on any atom is -0.353 e. The molecule has 1 aromatic heterocycles. The molecule has 116 valence electrons. The Morgan fingerprint density at radius 1 is 1.43 bits per heavy atom. The average Bonchev–Trinajstić information content (AvgIpc) is 2.95. The number of nitrogens with zero attached hydrogens (tertiary/aromatic N) is 3. The third kappa shape index (κ3) is 4.21. The predicted molar refractivity (Wildman–Crippen MR) is 79.8 cm³/mol. The highest BCUT2D eigenvalue weighted by Gasteiger charge is 2.30. The summed E-state index contributed by atoms with van der Waals surface area (Å²) in [4.78, 5) is 25.9. The number of rotatable bonds is 6. The van der Waals surface area contributed by atoms with Crippen molar-refractivity contribution in [2.75, 3.05) is 19.6 Å². The van der Waals surface area contributed by atoms with Crippen LogP contribution < -0.4 is 10.6 Å². The van der Waals surface area contributed by atoms with Gasteiger partial charge >= 0.3 is 0 Å². The molecule has 7 nitrogen and oxygen atoms in total. The van der Waals surface area contributed by atoms with Crippen molar-refractivity contribution in [2.45, 2.75) is 39.3 Å². The van der Waals surface area contributed by atoms with Crippen molar-refractivity contribution in [3.05, 3.63) is 10.0 Å². The fraction of sp³-hybridized carbons (Fsp3) is 0.692. The molecule has 0 unspecified atom stereocenters. The van der Waals surface area contributed by atoms with Gasteiger partial charge in [-0.05, 0) is 13.0 Å². The van der Waals surface area contributed by atoms with Crippen molar-refractivity contribution >= 4 is 23.2 Å². The Labute approximate surface area is 128 Å². The number of aromatic nitrogens is 2. The Morgan fingerprint density at radius 2 is 2.19 bits per heavy atom. The maximum absolute atomic E-state index is 12.0. The van der Waals surface area contributed by atoms with Crippen LogP contribution in [0.15, 0.2) is 0 Å². The Hall–Kier alpha value is -1.54. The van der Waals surface area contributed by atoms with Gasteiger partial charge in [0.1, 0.15) is 10.0 Å².